The molecule has 0 aromatic carbocycles. The standard InChI is InChI=1S/C16H31NO/c1-2-18-13-14-7-6-10-16(12-11-14)17-15-8-4-3-5-9-15/h14-17H,2-13H2,1H3. The summed E-state index contributed by atoms with van der Waals surface area (Å²) in [5.74, 6) is 0.822. The smallest absolute Gasteiger partial charge is 0.0494 e. The lowest BCUT2D eigenvalue weighted by Crippen LogP contribution is -2.39. The molecule has 0 aliphatic heterocycles. The van der Waals surface area contributed by atoms with E-state index in [-0.39, 0.29) is 0 Å². The predicted octanol–water partition coefficient (Wildman–Crippen LogP) is 3.89. The Morgan fingerprint density at radius 2 is 1.56 bits per heavy atom. The zero-order valence-electron chi connectivity index (χ0n) is 12.1. The highest BCUT2D eigenvalue weighted by atomic mass is 16.5. The minimum Gasteiger partial charge on any atom is -0.381 e. The van der Waals surface area contributed by atoms with Crippen LogP contribution in [-0.2, 0) is 4.74 Å². The molecule has 2 saturated carbocycles. The molecule has 106 valence electrons. The van der Waals surface area contributed by atoms with Crippen LogP contribution in [0, 0.1) is 5.92 Å². The van der Waals surface area contributed by atoms with Gasteiger partial charge in [0.2, 0.25) is 0 Å². The van der Waals surface area contributed by atoms with Crippen molar-refractivity contribution in [2.24, 2.45) is 5.92 Å². The summed E-state index contributed by atoms with van der Waals surface area (Å²) in [6.45, 7) is 3.97. The molecule has 0 saturated heterocycles. The number of rotatable bonds is 5. The molecule has 0 spiro atoms. The van der Waals surface area contributed by atoms with Gasteiger partial charge in [-0.3, -0.25) is 0 Å². The van der Waals surface area contributed by atoms with E-state index in [1.54, 1.807) is 0 Å². The Morgan fingerprint density at radius 3 is 2.33 bits per heavy atom. The van der Waals surface area contributed by atoms with Gasteiger partial charge >= 0.3 is 0 Å². The van der Waals surface area contributed by atoms with Crippen LogP contribution in [0.15, 0.2) is 0 Å². The van der Waals surface area contributed by atoms with Gasteiger partial charge in [0, 0.05) is 25.3 Å². The molecule has 1 N–H and O–H groups in total. The van der Waals surface area contributed by atoms with Crippen molar-refractivity contribution >= 4 is 0 Å². The molecule has 2 nitrogen and oxygen atoms in total. The first-order chi connectivity index (χ1) is 8.88. The molecule has 2 heteroatoms. The molecule has 0 radical (unpaired) electrons. The summed E-state index contributed by atoms with van der Waals surface area (Å²) >= 11 is 0. The molecule has 0 aromatic rings. The number of ether oxygens (including phenoxy) is 1. The SMILES string of the molecule is CCOCC1CCCC(NC2CCCCC2)CC1. The van der Waals surface area contributed by atoms with Gasteiger partial charge < -0.3 is 10.1 Å². The van der Waals surface area contributed by atoms with E-state index in [9.17, 15) is 0 Å². The normalized spacial score (nSPS) is 31.2. The molecule has 18 heavy (non-hydrogen) atoms. The van der Waals surface area contributed by atoms with Crippen molar-refractivity contribution in [3.8, 4) is 0 Å². The fraction of sp³-hybridized carbons (Fsp3) is 1.00. The molecule has 2 aliphatic rings. The first kappa shape index (κ1) is 14.3. The molecular weight excluding hydrogens is 222 g/mol. The van der Waals surface area contributed by atoms with Gasteiger partial charge in [-0.05, 0) is 51.4 Å². The number of hydrogen-bond donors (Lipinski definition) is 1. The molecule has 0 heterocycles. The summed E-state index contributed by atoms with van der Waals surface area (Å²) < 4.78 is 5.59. The van der Waals surface area contributed by atoms with Crippen LogP contribution in [-0.4, -0.2) is 25.3 Å². The largest absolute Gasteiger partial charge is 0.381 e. The zero-order valence-corrected chi connectivity index (χ0v) is 12.1. The van der Waals surface area contributed by atoms with Crippen molar-refractivity contribution in [2.45, 2.75) is 83.2 Å². The van der Waals surface area contributed by atoms with Crippen LogP contribution in [0.5, 0.6) is 0 Å². The van der Waals surface area contributed by atoms with Crippen molar-refractivity contribution in [2.75, 3.05) is 13.2 Å². The van der Waals surface area contributed by atoms with E-state index in [1.807, 2.05) is 0 Å². The zero-order chi connectivity index (χ0) is 12.6. The molecule has 0 amide bonds. The van der Waals surface area contributed by atoms with Gasteiger partial charge in [-0.2, -0.15) is 0 Å². The molecule has 2 unspecified atom stereocenters. The summed E-state index contributed by atoms with van der Waals surface area (Å²) in [5.41, 5.74) is 0. The molecule has 2 atom stereocenters. The van der Waals surface area contributed by atoms with Crippen molar-refractivity contribution in [3.05, 3.63) is 0 Å². The number of nitrogens with one attached hydrogen (secondary N) is 1. The molecule has 0 aromatic heterocycles. The van der Waals surface area contributed by atoms with Crippen LogP contribution < -0.4 is 5.32 Å². The van der Waals surface area contributed by atoms with Crippen molar-refractivity contribution in [3.63, 3.8) is 0 Å². The second-order valence-electron chi connectivity index (χ2n) is 6.23. The Kier molecular flexibility index (Phi) is 6.50. The highest BCUT2D eigenvalue weighted by Gasteiger charge is 2.22. The van der Waals surface area contributed by atoms with Crippen molar-refractivity contribution in [1.82, 2.24) is 5.32 Å². The predicted molar refractivity (Wildman–Crippen MR) is 76.9 cm³/mol. The minimum atomic E-state index is 0.791. The molecule has 0 bridgehead atoms. The number of hydrogen-bond acceptors (Lipinski definition) is 2. The average molecular weight is 253 g/mol. The molecule has 2 aliphatic carbocycles. The maximum absolute atomic E-state index is 5.59. The summed E-state index contributed by atoms with van der Waals surface area (Å²) in [6, 6.07) is 1.62. The van der Waals surface area contributed by atoms with E-state index < -0.39 is 0 Å². The average Bonchev–Trinajstić information content (AvgIpc) is 2.63. The second kappa shape index (κ2) is 8.16. The van der Waals surface area contributed by atoms with Gasteiger partial charge in [-0.1, -0.05) is 25.7 Å². The molecule has 2 fully saturated rings. The van der Waals surface area contributed by atoms with Gasteiger partial charge in [0.05, 0.1) is 0 Å². The Bertz CT molecular complexity index is 213. The highest BCUT2D eigenvalue weighted by Crippen LogP contribution is 2.25. The van der Waals surface area contributed by atoms with Gasteiger partial charge in [0.1, 0.15) is 0 Å². The van der Waals surface area contributed by atoms with E-state index in [4.69, 9.17) is 4.74 Å². The van der Waals surface area contributed by atoms with E-state index in [2.05, 4.69) is 12.2 Å². The van der Waals surface area contributed by atoms with Crippen LogP contribution in [0.2, 0.25) is 0 Å². The van der Waals surface area contributed by atoms with E-state index in [0.29, 0.717) is 0 Å². The van der Waals surface area contributed by atoms with Gasteiger partial charge in [0.25, 0.3) is 0 Å². The van der Waals surface area contributed by atoms with Gasteiger partial charge in [-0.15, -0.1) is 0 Å². The Balaban J connectivity index is 1.67. The monoisotopic (exact) mass is 253 g/mol. The van der Waals surface area contributed by atoms with Crippen LogP contribution >= 0.6 is 0 Å². The fourth-order valence-corrected chi connectivity index (χ4v) is 3.60. The third-order valence-electron chi connectivity index (χ3n) is 4.72. The summed E-state index contributed by atoms with van der Waals surface area (Å²) in [5, 5.41) is 3.93. The van der Waals surface area contributed by atoms with Crippen LogP contribution in [0.25, 0.3) is 0 Å². The minimum absolute atomic E-state index is 0.791. The van der Waals surface area contributed by atoms with Gasteiger partial charge in [0.15, 0.2) is 0 Å². The van der Waals surface area contributed by atoms with Crippen molar-refractivity contribution in [1.29, 1.82) is 0 Å². The van der Waals surface area contributed by atoms with Crippen LogP contribution in [0.4, 0.5) is 0 Å². The van der Waals surface area contributed by atoms with E-state index in [0.717, 1.165) is 31.2 Å². The Morgan fingerprint density at radius 1 is 0.833 bits per heavy atom. The third kappa shape index (κ3) is 4.89. The molecular formula is C16H31NO. The maximum atomic E-state index is 5.59. The van der Waals surface area contributed by atoms with Crippen LogP contribution in [0.1, 0.15) is 71.1 Å². The topological polar surface area (TPSA) is 21.3 Å². The lowest BCUT2D eigenvalue weighted by Gasteiger charge is -2.28. The molecule has 2 rings (SSSR count). The van der Waals surface area contributed by atoms with E-state index >= 15 is 0 Å². The summed E-state index contributed by atoms with van der Waals surface area (Å²) in [6.07, 6.45) is 14.1. The van der Waals surface area contributed by atoms with Crippen molar-refractivity contribution < 1.29 is 4.74 Å². The summed E-state index contributed by atoms with van der Waals surface area (Å²) in [7, 11) is 0. The highest BCUT2D eigenvalue weighted by molar-refractivity contribution is 4.80. The maximum Gasteiger partial charge on any atom is 0.0494 e. The first-order valence-corrected chi connectivity index (χ1v) is 8.22. The van der Waals surface area contributed by atoms with Gasteiger partial charge in [-0.25, -0.2) is 0 Å². The van der Waals surface area contributed by atoms with E-state index in [1.165, 1.54) is 64.2 Å². The lowest BCUT2D eigenvalue weighted by molar-refractivity contribution is 0.104. The van der Waals surface area contributed by atoms with Crippen LogP contribution in [0.3, 0.4) is 0 Å². The Labute approximate surface area is 113 Å². The second-order valence-corrected chi connectivity index (χ2v) is 6.23. The first-order valence-electron chi connectivity index (χ1n) is 8.22. The summed E-state index contributed by atoms with van der Waals surface area (Å²) in [4.78, 5) is 0. The quantitative estimate of drug-likeness (QED) is 0.750. The fourth-order valence-electron chi connectivity index (χ4n) is 3.60. The third-order valence-corrected chi connectivity index (χ3v) is 4.72. The lowest BCUT2D eigenvalue weighted by atomic mass is 9.94. The Hall–Kier alpha value is -0.0800.